The van der Waals surface area contributed by atoms with E-state index in [1.165, 1.54) is 6.33 Å². The molecule has 1 aromatic rings. The highest BCUT2D eigenvalue weighted by Crippen LogP contribution is 2.12. The molecule has 0 fully saturated rings. The number of hydrogen-bond donors (Lipinski definition) is 2. The van der Waals surface area contributed by atoms with Crippen molar-refractivity contribution in [3.63, 3.8) is 0 Å². The van der Waals surface area contributed by atoms with E-state index in [9.17, 15) is 8.42 Å². The van der Waals surface area contributed by atoms with Crippen LogP contribution in [-0.4, -0.2) is 36.8 Å². The largest absolute Gasteiger partial charge is 0.475 e. The van der Waals surface area contributed by atoms with Crippen molar-refractivity contribution in [2.45, 2.75) is 26.4 Å². The first-order chi connectivity index (χ1) is 8.37. The Morgan fingerprint density at radius 3 is 2.78 bits per heavy atom. The van der Waals surface area contributed by atoms with Gasteiger partial charge in [-0.2, -0.15) is 0 Å². The van der Waals surface area contributed by atoms with Gasteiger partial charge in [0.05, 0.1) is 11.9 Å². The van der Waals surface area contributed by atoms with Crippen LogP contribution in [0.25, 0.3) is 0 Å². The van der Waals surface area contributed by atoms with E-state index in [4.69, 9.17) is 9.88 Å². The highest BCUT2D eigenvalue weighted by atomic mass is 32.2. The second-order valence-corrected chi connectivity index (χ2v) is 5.79. The Hall–Kier alpha value is -1.41. The number of ether oxygens (including phenoxy) is 1. The van der Waals surface area contributed by atoms with E-state index in [-0.39, 0.29) is 11.9 Å². The van der Waals surface area contributed by atoms with Gasteiger partial charge in [-0.1, -0.05) is 0 Å². The zero-order chi connectivity index (χ0) is 13.6. The first kappa shape index (κ1) is 14.7. The second-order valence-electron chi connectivity index (χ2n) is 4.06. The number of nitrogens with one attached hydrogen (secondary N) is 1. The molecule has 18 heavy (non-hydrogen) atoms. The highest BCUT2D eigenvalue weighted by molar-refractivity contribution is 7.89. The lowest BCUT2D eigenvalue weighted by Gasteiger charge is -2.10. The first-order valence-electron chi connectivity index (χ1n) is 5.60. The van der Waals surface area contributed by atoms with Crippen molar-refractivity contribution in [2.24, 2.45) is 5.14 Å². The molecule has 102 valence electrons. The molecule has 0 unspecified atom stereocenters. The number of primary sulfonamides is 1. The van der Waals surface area contributed by atoms with Crippen LogP contribution in [0.15, 0.2) is 12.4 Å². The molecule has 0 aliphatic heterocycles. The Bertz CT molecular complexity index is 476. The molecule has 0 aliphatic carbocycles. The van der Waals surface area contributed by atoms with Crippen LogP contribution >= 0.6 is 0 Å². The lowest BCUT2D eigenvalue weighted by molar-refractivity contribution is 0.232. The molecule has 0 saturated carbocycles. The van der Waals surface area contributed by atoms with Gasteiger partial charge in [0.1, 0.15) is 12.1 Å². The van der Waals surface area contributed by atoms with Crippen LogP contribution in [0, 0.1) is 0 Å². The minimum atomic E-state index is -3.40. The number of sulfonamides is 1. The van der Waals surface area contributed by atoms with Gasteiger partial charge in [-0.25, -0.2) is 23.5 Å². The summed E-state index contributed by atoms with van der Waals surface area (Å²) >= 11 is 0. The Kier molecular flexibility index (Phi) is 5.29. The average molecular weight is 274 g/mol. The summed E-state index contributed by atoms with van der Waals surface area (Å²) in [6.45, 7) is 4.27. The van der Waals surface area contributed by atoms with E-state index >= 15 is 0 Å². The highest BCUT2D eigenvalue weighted by Gasteiger charge is 2.04. The molecule has 0 aliphatic rings. The molecule has 1 heterocycles. The third-order valence-corrected chi connectivity index (χ3v) is 2.77. The Labute approximate surface area is 107 Å². The van der Waals surface area contributed by atoms with Crippen LogP contribution in [0.1, 0.15) is 20.3 Å². The number of anilines is 1. The minimum Gasteiger partial charge on any atom is -0.475 e. The molecule has 0 aromatic carbocycles. The van der Waals surface area contributed by atoms with E-state index in [1.807, 2.05) is 13.8 Å². The van der Waals surface area contributed by atoms with Gasteiger partial charge in [-0.05, 0) is 20.3 Å². The van der Waals surface area contributed by atoms with Gasteiger partial charge < -0.3 is 10.1 Å². The van der Waals surface area contributed by atoms with Crippen LogP contribution in [0.3, 0.4) is 0 Å². The molecule has 7 nitrogen and oxygen atoms in total. The van der Waals surface area contributed by atoms with Crippen molar-refractivity contribution >= 4 is 15.8 Å². The molecular weight excluding hydrogens is 256 g/mol. The van der Waals surface area contributed by atoms with E-state index in [1.54, 1.807) is 6.07 Å². The number of nitrogens with zero attached hydrogens (tertiary/aromatic N) is 2. The molecule has 0 radical (unpaired) electrons. The molecule has 3 N–H and O–H groups in total. The van der Waals surface area contributed by atoms with Gasteiger partial charge in [0.15, 0.2) is 0 Å². The summed E-state index contributed by atoms with van der Waals surface area (Å²) in [5.74, 6) is 1.02. The molecule has 0 amide bonds. The van der Waals surface area contributed by atoms with Crippen molar-refractivity contribution < 1.29 is 13.2 Å². The fourth-order valence-electron chi connectivity index (χ4n) is 1.23. The van der Waals surface area contributed by atoms with E-state index in [0.717, 1.165) is 0 Å². The summed E-state index contributed by atoms with van der Waals surface area (Å²) in [6.07, 6.45) is 1.85. The van der Waals surface area contributed by atoms with Crippen molar-refractivity contribution in [3.8, 4) is 5.88 Å². The summed E-state index contributed by atoms with van der Waals surface area (Å²) in [4.78, 5) is 7.96. The number of rotatable bonds is 7. The molecule has 1 aromatic heterocycles. The summed E-state index contributed by atoms with van der Waals surface area (Å²) in [6, 6.07) is 1.66. The molecule has 8 heteroatoms. The molecule has 0 bridgehead atoms. The second kappa shape index (κ2) is 6.50. The summed E-state index contributed by atoms with van der Waals surface area (Å²) < 4.78 is 26.9. The monoisotopic (exact) mass is 274 g/mol. The van der Waals surface area contributed by atoms with Gasteiger partial charge in [0.25, 0.3) is 0 Å². The third kappa shape index (κ3) is 6.36. The number of hydrogen-bond acceptors (Lipinski definition) is 6. The topological polar surface area (TPSA) is 107 Å². The normalized spacial score (nSPS) is 11.6. The van der Waals surface area contributed by atoms with Gasteiger partial charge in [-0.3, -0.25) is 0 Å². The van der Waals surface area contributed by atoms with E-state index in [0.29, 0.717) is 24.7 Å². The van der Waals surface area contributed by atoms with Gasteiger partial charge in [-0.15, -0.1) is 0 Å². The van der Waals surface area contributed by atoms with Gasteiger partial charge in [0, 0.05) is 12.6 Å². The van der Waals surface area contributed by atoms with Crippen molar-refractivity contribution in [3.05, 3.63) is 12.4 Å². The quantitative estimate of drug-likeness (QED) is 0.695. The lowest BCUT2D eigenvalue weighted by atomic mass is 10.4. The van der Waals surface area contributed by atoms with Crippen LogP contribution in [0.4, 0.5) is 5.82 Å². The summed E-state index contributed by atoms with van der Waals surface area (Å²) in [5, 5.41) is 7.87. The van der Waals surface area contributed by atoms with E-state index < -0.39 is 10.0 Å². The molecule has 0 atom stereocenters. The van der Waals surface area contributed by atoms with E-state index in [2.05, 4.69) is 15.3 Å². The maximum absolute atomic E-state index is 10.7. The average Bonchev–Trinajstić information content (AvgIpc) is 2.23. The smallest absolute Gasteiger partial charge is 0.218 e. The zero-order valence-electron chi connectivity index (χ0n) is 10.5. The number of aromatic nitrogens is 2. The predicted molar refractivity (Wildman–Crippen MR) is 68.9 cm³/mol. The fourth-order valence-corrected chi connectivity index (χ4v) is 1.78. The maximum Gasteiger partial charge on any atom is 0.218 e. The van der Waals surface area contributed by atoms with Crippen LogP contribution in [0.2, 0.25) is 0 Å². The maximum atomic E-state index is 10.7. The minimum absolute atomic E-state index is 0.0372. The number of nitrogens with two attached hydrogens (primary N) is 1. The van der Waals surface area contributed by atoms with Crippen molar-refractivity contribution in [1.29, 1.82) is 0 Å². The fraction of sp³-hybridized carbons (Fsp3) is 0.600. The Balaban J connectivity index is 2.43. The van der Waals surface area contributed by atoms with Gasteiger partial charge in [0.2, 0.25) is 15.9 Å². The molecule has 1 rings (SSSR count). The van der Waals surface area contributed by atoms with Crippen molar-refractivity contribution in [1.82, 2.24) is 9.97 Å². The third-order valence-electron chi connectivity index (χ3n) is 1.91. The SMILES string of the molecule is CC(C)Oc1cc(NCCCS(N)(=O)=O)ncn1. The van der Waals surface area contributed by atoms with Crippen LogP contribution in [-0.2, 0) is 10.0 Å². The Morgan fingerprint density at radius 2 is 2.17 bits per heavy atom. The molecule has 0 spiro atoms. The first-order valence-corrected chi connectivity index (χ1v) is 7.31. The van der Waals surface area contributed by atoms with Gasteiger partial charge >= 0.3 is 0 Å². The lowest BCUT2D eigenvalue weighted by Crippen LogP contribution is -2.19. The zero-order valence-corrected chi connectivity index (χ0v) is 11.3. The summed E-state index contributed by atoms with van der Waals surface area (Å²) in [7, 11) is -3.40. The summed E-state index contributed by atoms with van der Waals surface area (Å²) in [5.41, 5.74) is 0. The molecule has 0 saturated heterocycles. The van der Waals surface area contributed by atoms with Crippen molar-refractivity contribution in [2.75, 3.05) is 17.6 Å². The standard InChI is InChI=1S/C10H18N4O3S/c1-8(2)17-10-6-9(13-7-14-10)12-4-3-5-18(11,15)16/h6-8H,3-5H2,1-2H3,(H2,11,15,16)(H,12,13,14). The van der Waals surface area contributed by atoms with Crippen LogP contribution < -0.4 is 15.2 Å². The molecular formula is C10H18N4O3S. The predicted octanol–water partition coefficient (Wildman–Crippen LogP) is 0.354. The van der Waals surface area contributed by atoms with Crippen LogP contribution in [0.5, 0.6) is 5.88 Å². The Morgan fingerprint density at radius 1 is 1.44 bits per heavy atom.